The molecule has 0 amide bonds. The highest BCUT2D eigenvalue weighted by Gasteiger charge is 2.43. The van der Waals surface area contributed by atoms with E-state index in [1.54, 1.807) is 13.8 Å². The van der Waals surface area contributed by atoms with Crippen LogP contribution in [0, 0.1) is 17.5 Å². The Morgan fingerprint density at radius 2 is 1.29 bits per heavy atom. The smallest absolute Gasteiger partial charge is 0.429 e. The highest BCUT2D eigenvalue weighted by Crippen LogP contribution is 2.53. The molecule has 0 heterocycles. The van der Waals surface area contributed by atoms with Gasteiger partial charge in [0.2, 0.25) is 0 Å². The van der Waals surface area contributed by atoms with E-state index in [2.05, 4.69) is 4.74 Å². The van der Waals surface area contributed by atoms with Gasteiger partial charge in [0, 0.05) is 17.2 Å². The minimum Gasteiger partial charge on any atom is -0.494 e. The molecule has 0 saturated heterocycles. The maximum atomic E-state index is 15.2. The molecule has 0 N–H and O–H groups in total. The van der Waals surface area contributed by atoms with E-state index in [9.17, 15) is 26.3 Å². The first-order valence-electron chi connectivity index (χ1n) is 10.7. The first-order valence-corrected chi connectivity index (χ1v) is 10.7. The molecule has 2 atom stereocenters. The molecule has 0 radical (unpaired) electrons. The number of hydrogen-bond acceptors (Lipinski definition) is 3. The molecule has 35 heavy (non-hydrogen) atoms. The summed E-state index contributed by atoms with van der Waals surface area (Å²) in [4.78, 5) is 0. The molecule has 0 aromatic heterocycles. The molecule has 4 rings (SSSR count). The summed E-state index contributed by atoms with van der Waals surface area (Å²) in [5, 5.41) is 0. The molecule has 3 aromatic carbocycles. The number of rotatable bonds is 7. The summed E-state index contributed by atoms with van der Waals surface area (Å²) < 4.78 is 118. The lowest BCUT2D eigenvalue weighted by atomic mass is 9.82. The molecule has 1 aliphatic carbocycles. The summed E-state index contributed by atoms with van der Waals surface area (Å²) in [6.45, 7) is 3.44. The van der Waals surface area contributed by atoms with Gasteiger partial charge in [0.05, 0.1) is 13.2 Å². The molecule has 3 nitrogen and oxygen atoms in total. The van der Waals surface area contributed by atoms with E-state index in [1.165, 1.54) is 12.1 Å². The van der Waals surface area contributed by atoms with Crippen molar-refractivity contribution < 1.29 is 44.9 Å². The SMILES string of the molecule is CCOc1ccc(C(F)(F)Oc2ccc3c(c2F)C(F)C(F)c2c-3ccc(OCC)c2F)c(F)c1. The van der Waals surface area contributed by atoms with Gasteiger partial charge in [-0.15, -0.1) is 0 Å². The lowest BCUT2D eigenvalue weighted by Crippen LogP contribution is -2.25. The van der Waals surface area contributed by atoms with Crippen molar-refractivity contribution in [2.45, 2.75) is 32.3 Å². The van der Waals surface area contributed by atoms with Gasteiger partial charge in [-0.25, -0.2) is 22.0 Å². The van der Waals surface area contributed by atoms with Crippen LogP contribution in [0.4, 0.5) is 30.7 Å². The van der Waals surface area contributed by atoms with Crippen LogP contribution in [-0.4, -0.2) is 13.2 Å². The highest BCUT2D eigenvalue weighted by molar-refractivity contribution is 5.76. The molecule has 186 valence electrons. The molecule has 0 fully saturated rings. The van der Waals surface area contributed by atoms with Crippen LogP contribution in [0.2, 0.25) is 0 Å². The molecule has 1 aliphatic rings. The first kappa shape index (κ1) is 24.7. The van der Waals surface area contributed by atoms with E-state index in [0.717, 1.165) is 18.2 Å². The minimum atomic E-state index is -4.37. The lowest BCUT2D eigenvalue weighted by Gasteiger charge is -2.29. The minimum absolute atomic E-state index is 0.00263. The van der Waals surface area contributed by atoms with Gasteiger partial charge in [-0.1, -0.05) is 12.1 Å². The molecule has 0 saturated carbocycles. The summed E-state index contributed by atoms with van der Waals surface area (Å²) in [6, 6.07) is 6.68. The Morgan fingerprint density at radius 3 is 1.83 bits per heavy atom. The van der Waals surface area contributed by atoms with Gasteiger partial charge in [0.1, 0.15) is 17.1 Å². The van der Waals surface area contributed by atoms with E-state index in [0.29, 0.717) is 12.1 Å². The van der Waals surface area contributed by atoms with Crippen LogP contribution < -0.4 is 14.2 Å². The summed E-state index contributed by atoms with van der Waals surface area (Å²) >= 11 is 0. The van der Waals surface area contributed by atoms with Crippen molar-refractivity contribution in [1.29, 1.82) is 0 Å². The van der Waals surface area contributed by atoms with Crippen LogP contribution in [0.1, 0.15) is 42.9 Å². The van der Waals surface area contributed by atoms with E-state index >= 15 is 4.39 Å². The van der Waals surface area contributed by atoms with E-state index in [-0.39, 0.29) is 35.8 Å². The Bertz CT molecular complexity index is 1260. The normalized spacial score (nSPS) is 16.9. The number of hydrogen-bond donors (Lipinski definition) is 0. The van der Waals surface area contributed by atoms with Crippen LogP contribution in [0.3, 0.4) is 0 Å². The molecular formula is C25H19F7O3. The molecule has 0 aliphatic heterocycles. The van der Waals surface area contributed by atoms with Crippen LogP contribution in [0.5, 0.6) is 17.2 Å². The number of halogens is 7. The second-order valence-corrected chi connectivity index (χ2v) is 7.61. The quantitative estimate of drug-likeness (QED) is 0.311. The fourth-order valence-corrected chi connectivity index (χ4v) is 3.97. The van der Waals surface area contributed by atoms with E-state index < -0.39 is 58.3 Å². The third-order valence-corrected chi connectivity index (χ3v) is 5.49. The summed E-state index contributed by atoms with van der Waals surface area (Å²) in [5.41, 5.74) is -3.17. The average molecular weight is 500 g/mol. The van der Waals surface area contributed by atoms with Gasteiger partial charge in [0.15, 0.2) is 35.5 Å². The molecule has 10 heteroatoms. The fraction of sp³-hybridized carbons (Fsp3) is 0.280. The molecule has 2 unspecified atom stereocenters. The third-order valence-electron chi connectivity index (χ3n) is 5.49. The number of alkyl halides is 4. The maximum absolute atomic E-state index is 15.2. The molecule has 0 bridgehead atoms. The van der Waals surface area contributed by atoms with Crippen molar-refractivity contribution >= 4 is 0 Å². The van der Waals surface area contributed by atoms with Gasteiger partial charge in [0.25, 0.3) is 0 Å². The second kappa shape index (κ2) is 9.31. The Hall–Kier alpha value is -3.43. The van der Waals surface area contributed by atoms with E-state index in [4.69, 9.17) is 9.47 Å². The van der Waals surface area contributed by atoms with Crippen molar-refractivity contribution in [3.05, 3.63) is 76.6 Å². The van der Waals surface area contributed by atoms with Gasteiger partial charge >= 0.3 is 6.11 Å². The predicted octanol–water partition coefficient (Wildman–Crippen LogP) is 7.73. The van der Waals surface area contributed by atoms with Crippen LogP contribution >= 0.6 is 0 Å². The zero-order valence-electron chi connectivity index (χ0n) is 18.5. The highest BCUT2D eigenvalue weighted by atomic mass is 19.3. The Morgan fingerprint density at radius 1 is 0.743 bits per heavy atom. The Kier molecular flexibility index (Phi) is 6.57. The van der Waals surface area contributed by atoms with Crippen molar-refractivity contribution in [1.82, 2.24) is 0 Å². The summed E-state index contributed by atoms with van der Waals surface area (Å²) in [6.07, 6.45) is -9.72. The molecular weight excluding hydrogens is 481 g/mol. The number of fused-ring (bicyclic) bond motifs is 3. The average Bonchev–Trinajstić information content (AvgIpc) is 2.80. The molecule has 0 spiro atoms. The topological polar surface area (TPSA) is 27.7 Å². The van der Waals surface area contributed by atoms with Gasteiger partial charge < -0.3 is 14.2 Å². The molecule has 3 aromatic rings. The second-order valence-electron chi connectivity index (χ2n) is 7.61. The van der Waals surface area contributed by atoms with Gasteiger partial charge in [-0.3, -0.25) is 0 Å². The zero-order valence-corrected chi connectivity index (χ0v) is 18.5. The van der Waals surface area contributed by atoms with Gasteiger partial charge in [-0.05, 0) is 49.2 Å². The largest absolute Gasteiger partial charge is 0.494 e. The van der Waals surface area contributed by atoms with Gasteiger partial charge in [-0.2, -0.15) is 8.78 Å². The van der Waals surface area contributed by atoms with E-state index in [1.807, 2.05) is 0 Å². The van der Waals surface area contributed by atoms with Crippen LogP contribution in [0.15, 0.2) is 42.5 Å². The lowest BCUT2D eigenvalue weighted by molar-refractivity contribution is -0.189. The van der Waals surface area contributed by atoms with Crippen molar-refractivity contribution in [3.8, 4) is 28.4 Å². The monoisotopic (exact) mass is 500 g/mol. The van der Waals surface area contributed by atoms with Crippen molar-refractivity contribution in [2.24, 2.45) is 0 Å². The van der Waals surface area contributed by atoms with Crippen LogP contribution in [-0.2, 0) is 6.11 Å². The standard InChI is InChI=1S/C25H19F7O3/c1-3-33-12-5-8-15(16(26)11-12)25(31,32)35-18-10-7-14-13-6-9-17(34-4-2)21(27)19(13)23(29)24(30)20(14)22(18)28/h5-11,23-24H,3-4H2,1-2H3. The Labute approximate surface area is 196 Å². The zero-order chi connectivity index (χ0) is 25.5. The summed E-state index contributed by atoms with van der Waals surface area (Å²) in [7, 11) is 0. The van der Waals surface area contributed by atoms with Crippen molar-refractivity contribution in [2.75, 3.05) is 13.2 Å². The first-order chi connectivity index (χ1) is 16.6. The fourth-order valence-electron chi connectivity index (χ4n) is 3.97. The maximum Gasteiger partial charge on any atom is 0.429 e. The number of benzene rings is 3. The third kappa shape index (κ3) is 4.26. The predicted molar refractivity (Wildman–Crippen MR) is 113 cm³/mol. The summed E-state index contributed by atoms with van der Waals surface area (Å²) in [5.74, 6) is -5.56. The Balaban J connectivity index is 1.75. The number of ether oxygens (including phenoxy) is 3. The van der Waals surface area contributed by atoms with Crippen molar-refractivity contribution in [3.63, 3.8) is 0 Å². The van der Waals surface area contributed by atoms with Crippen LogP contribution in [0.25, 0.3) is 11.1 Å².